The third-order valence-corrected chi connectivity index (χ3v) is 3.94. The standard InChI is InChI=1S/C12H12N2O2S2/c1-3-16-12(15)11-14-13-10(18-11)8-6-4-5-7-9(8)17-2/h4-7H,3H2,1-2H3. The third kappa shape index (κ3) is 2.70. The second kappa shape index (κ2) is 5.97. The summed E-state index contributed by atoms with van der Waals surface area (Å²) >= 11 is 2.89. The molecular weight excluding hydrogens is 268 g/mol. The highest BCUT2D eigenvalue weighted by Crippen LogP contribution is 2.31. The molecule has 0 bridgehead atoms. The molecule has 0 saturated heterocycles. The molecule has 0 aliphatic rings. The van der Waals surface area contributed by atoms with Gasteiger partial charge >= 0.3 is 5.97 Å². The normalized spacial score (nSPS) is 10.3. The van der Waals surface area contributed by atoms with Crippen molar-refractivity contribution >= 4 is 29.1 Å². The molecule has 0 spiro atoms. The Morgan fingerprint density at radius 2 is 2.17 bits per heavy atom. The van der Waals surface area contributed by atoms with Crippen LogP contribution < -0.4 is 0 Å². The van der Waals surface area contributed by atoms with Crippen molar-refractivity contribution in [3.8, 4) is 10.6 Å². The van der Waals surface area contributed by atoms with Gasteiger partial charge < -0.3 is 4.74 Å². The minimum atomic E-state index is -0.414. The van der Waals surface area contributed by atoms with E-state index >= 15 is 0 Å². The van der Waals surface area contributed by atoms with E-state index in [1.807, 2.05) is 30.5 Å². The van der Waals surface area contributed by atoms with Crippen LogP contribution in [0.3, 0.4) is 0 Å². The molecule has 6 heteroatoms. The van der Waals surface area contributed by atoms with Crippen LogP contribution in [0.4, 0.5) is 0 Å². The van der Waals surface area contributed by atoms with E-state index in [2.05, 4.69) is 10.2 Å². The number of rotatable bonds is 4. The number of thioether (sulfide) groups is 1. The monoisotopic (exact) mass is 280 g/mol. The van der Waals surface area contributed by atoms with Crippen molar-refractivity contribution in [3.63, 3.8) is 0 Å². The lowest BCUT2D eigenvalue weighted by molar-refractivity contribution is 0.0525. The van der Waals surface area contributed by atoms with Crippen LogP contribution in [0.1, 0.15) is 16.7 Å². The number of hydrogen-bond acceptors (Lipinski definition) is 6. The highest BCUT2D eigenvalue weighted by molar-refractivity contribution is 7.98. The van der Waals surface area contributed by atoms with E-state index in [9.17, 15) is 4.79 Å². The average Bonchev–Trinajstić information content (AvgIpc) is 2.88. The Kier molecular flexibility index (Phi) is 4.33. The Balaban J connectivity index is 2.32. The molecule has 0 unspecified atom stereocenters. The first-order valence-corrected chi connectivity index (χ1v) is 7.44. The number of benzene rings is 1. The van der Waals surface area contributed by atoms with Crippen LogP contribution in [0.5, 0.6) is 0 Å². The van der Waals surface area contributed by atoms with Crippen LogP contribution >= 0.6 is 23.1 Å². The van der Waals surface area contributed by atoms with Crippen LogP contribution in [0.2, 0.25) is 0 Å². The molecule has 2 rings (SSSR count). The van der Waals surface area contributed by atoms with Crippen molar-refractivity contribution in [1.82, 2.24) is 10.2 Å². The molecule has 0 amide bonds. The van der Waals surface area contributed by atoms with Gasteiger partial charge in [0.25, 0.3) is 0 Å². The third-order valence-electron chi connectivity index (χ3n) is 2.21. The summed E-state index contributed by atoms with van der Waals surface area (Å²) in [6.45, 7) is 2.11. The summed E-state index contributed by atoms with van der Waals surface area (Å²) in [5, 5.41) is 8.96. The second-order valence-corrected chi connectivity index (χ2v) is 5.16. The van der Waals surface area contributed by atoms with Gasteiger partial charge in [-0.3, -0.25) is 0 Å². The van der Waals surface area contributed by atoms with Gasteiger partial charge in [0.05, 0.1) is 6.61 Å². The van der Waals surface area contributed by atoms with E-state index in [0.717, 1.165) is 15.5 Å². The van der Waals surface area contributed by atoms with Crippen molar-refractivity contribution in [3.05, 3.63) is 29.3 Å². The fraction of sp³-hybridized carbons (Fsp3) is 0.250. The number of carbonyl (C=O) groups excluding carboxylic acids is 1. The minimum Gasteiger partial charge on any atom is -0.461 e. The first kappa shape index (κ1) is 13.0. The van der Waals surface area contributed by atoms with Crippen molar-refractivity contribution in [2.75, 3.05) is 12.9 Å². The first-order chi connectivity index (χ1) is 8.76. The molecule has 0 aliphatic heterocycles. The second-order valence-electron chi connectivity index (χ2n) is 3.33. The summed E-state index contributed by atoms with van der Waals surface area (Å²) in [6.07, 6.45) is 2.01. The maximum Gasteiger partial charge on any atom is 0.369 e. The van der Waals surface area contributed by atoms with Crippen LogP contribution in [-0.4, -0.2) is 29.0 Å². The van der Waals surface area contributed by atoms with Gasteiger partial charge in [-0.2, -0.15) is 0 Å². The fourth-order valence-electron chi connectivity index (χ4n) is 1.43. The summed E-state index contributed by atoms with van der Waals surface area (Å²) < 4.78 is 4.90. The highest BCUT2D eigenvalue weighted by Gasteiger charge is 2.16. The Bertz CT molecular complexity index is 555. The Labute approximate surface area is 113 Å². The van der Waals surface area contributed by atoms with E-state index in [4.69, 9.17) is 4.74 Å². The number of carbonyl (C=O) groups is 1. The SMILES string of the molecule is CCOC(=O)c1nnc(-c2ccccc2SC)s1. The van der Waals surface area contributed by atoms with Crippen molar-refractivity contribution in [2.24, 2.45) is 0 Å². The van der Waals surface area contributed by atoms with Gasteiger partial charge in [-0.1, -0.05) is 29.5 Å². The summed E-state index contributed by atoms with van der Waals surface area (Å²) in [6, 6.07) is 7.91. The zero-order valence-electron chi connectivity index (χ0n) is 10.0. The Morgan fingerprint density at radius 3 is 2.89 bits per heavy atom. The largest absolute Gasteiger partial charge is 0.461 e. The van der Waals surface area contributed by atoms with Crippen LogP contribution in [0, 0.1) is 0 Å². The number of hydrogen-bond donors (Lipinski definition) is 0. The summed E-state index contributed by atoms with van der Waals surface area (Å²) in [4.78, 5) is 12.6. The molecule has 1 aromatic carbocycles. The first-order valence-electron chi connectivity index (χ1n) is 5.40. The molecule has 0 saturated carbocycles. The fourth-order valence-corrected chi connectivity index (χ4v) is 2.87. The number of nitrogens with zero attached hydrogens (tertiary/aromatic N) is 2. The lowest BCUT2D eigenvalue weighted by Gasteiger charge is -2.01. The van der Waals surface area contributed by atoms with E-state index in [0.29, 0.717) is 11.6 Å². The van der Waals surface area contributed by atoms with Crippen LogP contribution in [0.15, 0.2) is 29.2 Å². The van der Waals surface area contributed by atoms with Crippen molar-refractivity contribution in [2.45, 2.75) is 11.8 Å². The molecule has 1 heterocycles. The Morgan fingerprint density at radius 1 is 1.39 bits per heavy atom. The molecule has 94 valence electrons. The van der Waals surface area contributed by atoms with E-state index in [1.165, 1.54) is 11.3 Å². The number of aromatic nitrogens is 2. The van der Waals surface area contributed by atoms with Crippen molar-refractivity contribution < 1.29 is 9.53 Å². The predicted octanol–water partition coefficient (Wildman–Crippen LogP) is 3.10. The summed E-state index contributed by atoms with van der Waals surface area (Å²) in [7, 11) is 0. The number of esters is 1. The maximum absolute atomic E-state index is 11.5. The van der Waals surface area contributed by atoms with Crippen LogP contribution in [0.25, 0.3) is 10.6 Å². The van der Waals surface area contributed by atoms with Gasteiger partial charge in [0.2, 0.25) is 5.01 Å². The van der Waals surface area contributed by atoms with E-state index in [1.54, 1.807) is 18.7 Å². The van der Waals surface area contributed by atoms with Gasteiger partial charge in [-0.15, -0.1) is 22.0 Å². The predicted molar refractivity (Wildman–Crippen MR) is 73.1 cm³/mol. The van der Waals surface area contributed by atoms with Crippen molar-refractivity contribution in [1.29, 1.82) is 0 Å². The smallest absolute Gasteiger partial charge is 0.369 e. The molecule has 0 atom stereocenters. The van der Waals surface area contributed by atoms with E-state index in [-0.39, 0.29) is 0 Å². The highest BCUT2D eigenvalue weighted by atomic mass is 32.2. The zero-order valence-corrected chi connectivity index (χ0v) is 11.7. The summed E-state index contributed by atoms with van der Waals surface area (Å²) in [5.74, 6) is -0.414. The number of ether oxygens (including phenoxy) is 1. The lowest BCUT2D eigenvalue weighted by Crippen LogP contribution is -2.03. The summed E-state index contributed by atoms with van der Waals surface area (Å²) in [5.41, 5.74) is 0.998. The molecular formula is C12H12N2O2S2. The molecule has 0 radical (unpaired) electrons. The van der Waals surface area contributed by atoms with Gasteiger partial charge in [0.15, 0.2) is 0 Å². The van der Waals surface area contributed by atoms with Crippen LogP contribution in [-0.2, 0) is 4.74 Å². The molecule has 0 N–H and O–H groups in total. The van der Waals surface area contributed by atoms with Gasteiger partial charge in [0, 0.05) is 10.5 Å². The maximum atomic E-state index is 11.5. The lowest BCUT2D eigenvalue weighted by atomic mass is 10.2. The van der Waals surface area contributed by atoms with E-state index < -0.39 is 5.97 Å². The molecule has 4 nitrogen and oxygen atoms in total. The molecule has 2 aromatic rings. The van der Waals surface area contributed by atoms with Gasteiger partial charge in [-0.25, -0.2) is 4.79 Å². The minimum absolute atomic E-state index is 0.294. The van der Waals surface area contributed by atoms with Gasteiger partial charge in [0.1, 0.15) is 5.01 Å². The Hall–Kier alpha value is -1.40. The topological polar surface area (TPSA) is 52.1 Å². The molecule has 0 fully saturated rings. The zero-order chi connectivity index (χ0) is 13.0. The molecule has 1 aromatic heterocycles. The quantitative estimate of drug-likeness (QED) is 0.636. The molecule has 18 heavy (non-hydrogen) atoms. The van der Waals surface area contributed by atoms with Gasteiger partial charge in [-0.05, 0) is 19.2 Å². The molecule has 0 aliphatic carbocycles. The average molecular weight is 280 g/mol.